The number of hydrogen-bond acceptors (Lipinski definition) is 4. The monoisotopic (exact) mass is 270 g/mol. The van der Waals surface area contributed by atoms with Gasteiger partial charge >= 0.3 is 0 Å². The molecule has 0 aliphatic carbocycles. The van der Waals surface area contributed by atoms with Crippen molar-refractivity contribution in [3.8, 4) is 0 Å². The van der Waals surface area contributed by atoms with E-state index >= 15 is 0 Å². The van der Waals surface area contributed by atoms with Crippen LogP contribution in [0.4, 0.5) is 0 Å². The molecule has 0 radical (unpaired) electrons. The summed E-state index contributed by atoms with van der Waals surface area (Å²) in [7, 11) is 0. The predicted octanol–water partition coefficient (Wildman–Crippen LogP) is 2.81. The maximum absolute atomic E-state index is 5.82. The van der Waals surface area contributed by atoms with E-state index in [1.807, 2.05) is 6.07 Å². The molecule has 106 valence electrons. The molecule has 0 amide bonds. The summed E-state index contributed by atoms with van der Waals surface area (Å²) in [5, 5.41) is 0. The second kappa shape index (κ2) is 7.12. The molecule has 1 heterocycles. The lowest BCUT2D eigenvalue weighted by molar-refractivity contribution is 0.337. The molecule has 0 aliphatic rings. The second-order valence-electron chi connectivity index (χ2n) is 5.10. The molecule has 3 atom stereocenters. The summed E-state index contributed by atoms with van der Waals surface area (Å²) in [5.74, 6) is 6.57. The summed E-state index contributed by atoms with van der Waals surface area (Å²) < 4.78 is 0. The summed E-state index contributed by atoms with van der Waals surface area (Å²) in [6, 6.07) is 10.4. The van der Waals surface area contributed by atoms with E-state index in [2.05, 4.69) is 53.5 Å². The Morgan fingerprint density at radius 3 is 2.50 bits per heavy atom. The largest absolute Gasteiger partial charge is 0.271 e. The minimum absolute atomic E-state index is 0.0407. The van der Waals surface area contributed by atoms with Crippen LogP contribution in [0, 0.1) is 5.92 Å². The van der Waals surface area contributed by atoms with Gasteiger partial charge in [-0.05, 0) is 11.5 Å². The van der Waals surface area contributed by atoms with Gasteiger partial charge in [0.1, 0.15) is 0 Å². The fourth-order valence-electron chi connectivity index (χ4n) is 2.62. The first-order valence-electron chi connectivity index (χ1n) is 7.04. The highest BCUT2D eigenvalue weighted by Crippen LogP contribution is 2.37. The van der Waals surface area contributed by atoms with Crippen LogP contribution in [-0.2, 0) is 0 Å². The summed E-state index contributed by atoms with van der Waals surface area (Å²) in [6.07, 6.45) is 6.25. The molecule has 0 saturated carbocycles. The van der Waals surface area contributed by atoms with Gasteiger partial charge in [-0.15, -0.1) is 0 Å². The van der Waals surface area contributed by atoms with Crippen LogP contribution in [0.15, 0.2) is 48.9 Å². The Morgan fingerprint density at radius 1 is 1.20 bits per heavy atom. The fourth-order valence-corrected chi connectivity index (χ4v) is 2.62. The zero-order chi connectivity index (χ0) is 14.4. The number of rotatable bonds is 6. The van der Waals surface area contributed by atoms with E-state index in [0.717, 1.165) is 12.1 Å². The standard InChI is InChI=1S/C16H22N4/c1-3-12(2)15(13-7-5-4-6-8-13)16(20-17)14-11-18-9-10-19-14/h4-12,15-16,20H,3,17H2,1-2H3. The second-order valence-corrected chi connectivity index (χ2v) is 5.10. The van der Waals surface area contributed by atoms with Crippen LogP contribution in [0.5, 0.6) is 0 Å². The first-order chi connectivity index (χ1) is 9.77. The quantitative estimate of drug-likeness (QED) is 0.626. The summed E-state index contributed by atoms with van der Waals surface area (Å²) in [6.45, 7) is 4.45. The van der Waals surface area contributed by atoms with Crippen LogP contribution in [0.1, 0.15) is 43.5 Å². The molecule has 3 unspecified atom stereocenters. The van der Waals surface area contributed by atoms with Crippen molar-refractivity contribution in [2.75, 3.05) is 0 Å². The molecule has 0 saturated heterocycles. The van der Waals surface area contributed by atoms with E-state index in [1.165, 1.54) is 5.56 Å². The van der Waals surface area contributed by atoms with Gasteiger partial charge in [-0.3, -0.25) is 21.2 Å². The highest BCUT2D eigenvalue weighted by atomic mass is 15.2. The summed E-state index contributed by atoms with van der Waals surface area (Å²) >= 11 is 0. The van der Waals surface area contributed by atoms with Crippen molar-refractivity contribution >= 4 is 0 Å². The normalized spacial score (nSPS) is 15.6. The Kier molecular flexibility index (Phi) is 5.21. The van der Waals surface area contributed by atoms with Gasteiger partial charge in [-0.25, -0.2) is 0 Å². The van der Waals surface area contributed by atoms with E-state index in [0.29, 0.717) is 5.92 Å². The molecule has 4 nitrogen and oxygen atoms in total. The van der Waals surface area contributed by atoms with E-state index in [-0.39, 0.29) is 12.0 Å². The van der Waals surface area contributed by atoms with Crippen LogP contribution in [-0.4, -0.2) is 9.97 Å². The number of hydrazine groups is 1. The minimum Gasteiger partial charge on any atom is -0.271 e. The Balaban J connectivity index is 2.39. The maximum atomic E-state index is 5.82. The molecule has 0 spiro atoms. The van der Waals surface area contributed by atoms with Crippen molar-refractivity contribution in [1.82, 2.24) is 15.4 Å². The molecule has 0 bridgehead atoms. The molecule has 0 aliphatic heterocycles. The van der Waals surface area contributed by atoms with Crippen LogP contribution >= 0.6 is 0 Å². The van der Waals surface area contributed by atoms with E-state index in [4.69, 9.17) is 5.84 Å². The van der Waals surface area contributed by atoms with Crippen molar-refractivity contribution in [2.45, 2.75) is 32.2 Å². The van der Waals surface area contributed by atoms with Crippen LogP contribution in [0.25, 0.3) is 0 Å². The lowest BCUT2D eigenvalue weighted by atomic mass is 9.79. The first-order valence-corrected chi connectivity index (χ1v) is 7.04. The minimum atomic E-state index is -0.0407. The van der Waals surface area contributed by atoms with E-state index in [1.54, 1.807) is 18.6 Å². The SMILES string of the molecule is CCC(C)C(c1ccccc1)C(NN)c1cnccn1. The smallest absolute Gasteiger partial charge is 0.0775 e. The average molecular weight is 270 g/mol. The Bertz CT molecular complexity index is 500. The number of hydrogen-bond donors (Lipinski definition) is 2. The van der Waals surface area contributed by atoms with Crippen LogP contribution < -0.4 is 11.3 Å². The molecule has 1 aromatic carbocycles. The third-order valence-electron chi connectivity index (χ3n) is 3.88. The average Bonchev–Trinajstić information content (AvgIpc) is 2.53. The molecule has 1 aromatic heterocycles. The summed E-state index contributed by atoms with van der Waals surface area (Å²) in [4.78, 5) is 8.56. The number of benzene rings is 1. The third kappa shape index (κ3) is 3.21. The Morgan fingerprint density at radius 2 is 1.95 bits per heavy atom. The molecular formula is C16H22N4. The van der Waals surface area contributed by atoms with Crippen molar-refractivity contribution < 1.29 is 0 Å². The molecule has 0 fully saturated rings. The summed E-state index contributed by atoms with van der Waals surface area (Å²) in [5.41, 5.74) is 5.08. The zero-order valence-electron chi connectivity index (χ0n) is 12.0. The topological polar surface area (TPSA) is 63.8 Å². The maximum Gasteiger partial charge on any atom is 0.0775 e. The number of nitrogens with one attached hydrogen (secondary N) is 1. The highest BCUT2D eigenvalue weighted by molar-refractivity contribution is 5.24. The van der Waals surface area contributed by atoms with Gasteiger partial charge in [0.05, 0.1) is 17.9 Å². The van der Waals surface area contributed by atoms with Crippen molar-refractivity contribution in [3.63, 3.8) is 0 Å². The molecular weight excluding hydrogens is 248 g/mol. The van der Waals surface area contributed by atoms with Gasteiger partial charge in [0.15, 0.2) is 0 Å². The highest BCUT2D eigenvalue weighted by Gasteiger charge is 2.29. The zero-order valence-corrected chi connectivity index (χ0v) is 12.0. The van der Waals surface area contributed by atoms with E-state index < -0.39 is 0 Å². The Labute approximate surface area is 120 Å². The van der Waals surface area contributed by atoms with Gasteiger partial charge in [-0.1, -0.05) is 50.6 Å². The molecule has 20 heavy (non-hydrogen) atoms. The Hall–Kier alpha value is -1.78. The molecule has 2 rings (SSSR count). The van der Waals surface area contributed by atoms with E-state index in [9.17, 15) is 0 Å². The van der Waals surface area contributed by atoms with Crippen LogP contribution in [0.3, 0.4) is 0 Å². The first kappa shape index (κ1) is 14.6. The lowest BCUT2D eigenvalue weighted by Crippen LogP contribution is -2.35. The van der Waals surface area contributed by atoms with Crippen LogP contribution in [0.2, 0.25) is 0 Å². The van der Waals surface area contributed by atoms with Gasteiger partial charge < -0.3 is 0 Å². The van der Waals surface area contributed by atoms with Gasteiger partial charge in [0.25, 0.3) is 0 Å². The number of aromatic nitrogens is 2. The van der Waals surface area contributed by atoms with Crippen molar-refractivity contribution in [2.24, 2.45) is 11.8 Å². The third-order valence-corrected chi connectivity index (χ3v) is 3.88. The fraction of sp³-hybridized carbons (Fsp3) is 0.375. The molecule has 2 aromatic rings. The van der Waals surface area contributed by atoms with Gasteiger partial charge in [-0.2, -0.15) is 0 Å². The van der Waals surface area contributed by atoms with Crippen molar-refractivity contribution in [3.05, 3.63) is 60.2 Å². The molecule has 4 heteroatoms. The number of nitrogens with two attached hydrogens (primary N) is 1. The predicted molar refractivity (Wildman–Crippen MR) is 80.7 cm³/mol. The lowest BCUT2D eigenvalue weighted by Gasteiger charge is -2.31. The number of nitrogens with zero attached hydrogens (tertiary/aromatic N) is 2. The van der Waals surface area contributed by atoms with Crippen molar-refractivity contribution in [1.29, 1.82) is 0 Å². The molecule has 3 N–H and O–H groups in total. The van der Waals surface area contributed by atoms with Gasteiger partial charge in [0.2, 0.25) is 0 Å². The van der Waals surface area contributed by atoms with Gasteiger partial charge in [0, 0.05) is 18.3 Å².